The molecule has 0 aliphatic heterocycles. The molecule has 1 heterocycles. The third-order valence-electron chi connectivity index (χ3n) is 3.72. The molecule has 0 radical (unpaired) electrons. The van der Waals surface area contributed by atoms with E-state index in [1.807, 2.05) is 42.5 Å². The second kappa shape index (κ2) is 7.20. The van der Waals surface area contributed by atoms with Crippen LogP contribution in [-0.2, 0) is 11.3 Å². The second-order valence-corrected chi connectivity index (χ2v) is 5.54. The zero-order chi connectivity index (χ0) is 16.1. The summed E-state index contributed by atoms with van der Waals surface area (Å²) in [7, 11) is 0. The highest BCUT2D eigenvalue weighted by Crippen LogP contribution is 2.18. The van der Waals surface area contributed by atoms with Gasteiger partial charge in [-0.25, -0.2) is 4.98 Å². The van der Waals surface area contributed by atoms with Crippen molar-refractivity contribution in [2.24, 2.45) is 0 Å². The normalized spacial score (nSPS) is 11.0. The highest BCUT2D eigenvalue weighted by Gasteiger charge is 2.06. The summed E-state index contributed by atoms with van der Waals surface area (Å²) >= 11 is 0. The van der Waals surface area contributed by atoms with Crippen molar-refractivity contribution in [1.29, 1.82) is 0 Å². The van der Waals surface area contributed by atoms with Crippen molar-refractivity contribution in [1.82, 2.24) is 9.97 Å². The Morgan fingerprint density at radius 2 is 2.00 bits per heavy atom. The number of benzene rings is 2. The number of aromatic nitrogens is 2. The van der Waals surface area contributed by atoms with Gasteiger partial charge in [-0.15, -0.1) is 0 Å². The largest absolute Gasteiger partial charge is 0.377 e. The molecule has 0 saturated carbocycles. The average Bonchev–Trinajstić information content (AvgIpc) is 2.59. The number of hydrogen-bond donors (Lipinski definition) is 1. The molecule has 0 bridgehead atoms. The number of fused-ring (bicyclic) bond motifs is 1. The number of nitrogens with one attached hydrogen (secondary N) is 1. The minimum absolute atomic E-state index is 0.116. The van der Waals surface area contributed by atoms with Gasteiger partial charge in [-0.1, -0.05) is 43.7 Å². The summed E-state index contributed by atoms with van der Waals surface area (Å²) < 4.78 is 5.65. The van der Waals surface area contributed by atoms with E-state index in [1.54, 1.807) is 6.07 Å². The number of rotatable bonds is 6. The van der Waals surface area contributed by atoms with E-state index in [1.165, 1.54) is 0 Å². The van der Waals surface area contributed by atoms with Crippen molar-refractivity contribution in [2.45, 2.75) is 26.4 Å². The van der Waals surface area contributed by atoms with E-state index in [2.05, 4.69) is 16.9 Å². The van der Waals surface area contributed by atoms with Gasteiger partial charge in [0.15, 0.2) is 0 Å². The number of unbranched alkanes of at least 4 members (excludes halogenated alkanes) is 1. The Balaban J connectivity index is 1.88. The highest BCUT2D eigenvalue weighted by molar-refractivity contribution is 5.79. The Labute approximate surface area is 135 Å². The fourth-order valence-corrected chi connectivity index (χ4v) is 2.47. The Bertz CT molecular complexity index is 855. The maximum absolute atomic E-state index is 12.2. The van der Waals surface area contributed by atoms with Crippen LogP contribution in [0.1, 0.15) is 25.3 Å². The SMILES string of the molecule is CCCCOCc1cccc(-c2nc3ccccc3c(=O)[nH]2)c1. The summed E-state index contributed by atoms with van der Waals surface area (Å²) in [6.45, 7) is 3.49. The first-order valence-electron chi connectivity index (χ1n) is 7.94. The Hall–Kier alpha value is -2.46. The van der Waals surface area contributed by atoms with E-state index < -0.39 is 0 Å². The van der Waals surface area contributed by atoms with Crippen molar-refractivity contribution in [2.75, 3.05) is 6.61 Å². The van der Waals surface area contributed by atoms with Crippen molar-refractivity contribution in [3.63, 3.8) is 0 Å². The monoisotopic (exact) mass is 308 g/mol. The lowest BCUT2D eigenvalue weighted by Crippen LogP contribution is -2.09. The van der Waals surface area contributed by atoms with Crippen molar-refractivity contribution < 1.29 is 4.74 Å². The van der Waals surface area contributed by atoms with Crippen LogP contribution in [-0.4, -0.2) is 16.6 Å². The zero-order valence-corrected chi connectivity index (χ0v) is 13.2. The molecule has 118 valence electrons. The summed E-state index contributed by atoms with van der Waals surface area (Å²) in [6, 6.07) is 15.3. The lowest BCUT2D eigenvalue weighted by atomic mass is 10.1. The van der Waals surface area contributed by atoms with Gasteiger partial charge in [0.25, 0.3) is 5.56 Å². The predicted octanol–water partition coefficient (Wildman–Crippen LogP) is 3.91. The van der Waals surface area contributed by atoms with Gasteiger partial charge in [-0.3, -0.25) is 4.79 Å². The fraction of sp³-hybridized carbons (Fsp3) is 0.263. The zero-order valence-electron chi connectivity index (χ0n) is 13.2. The fourth-order valence-electron chi connectivity index (χ4n) is 2.47. The molecule has 0 unspecified atom stereocenters. The van der Waals surface area contributed by atoms with Gasteiger partial charge >= 0.3 is 0 Å². The lowest BCUT2D eigenvalue weighted by molar-refractivity contribution is 0.118. The summed E-state index contributed by atoms with van der Waals surface area (Å²) in [5, 5.41) is 0.607. The van der Waals surface area contributed by atoms with E-state index in [-0.39, 0.29) is 5.56 Å². The Morgan fingerprint density at radius 3 is 2.87 bits per heavy atom. The average molecular weight is 308 g/mol. The van der Waals surface area contributed by atoms with Crippen LogP contribution in [0.5, 0.6) is 0 Å². The maximum Gasteiger partial charge on any atom is 0.259 e. The van der Waals surface area contributed by atoms with Crippen LogP contribution in [0.15, 0.2) is 53.3 Å². The summed E-state index contributed by atoms with van der Waals surface area (Å²) in [5.41, 5.74) is 2.56. The number of hydrogen-bond acceptors (Lipinski definition) is 3. The van der Waals surface area contributed by atoms with E-state index in [0.29, 0.717) is 23.3 Å². The smallest absolute Gasteiger partial charge is 0.259 e. The minimum atomic E-state index is -0.116. The number of ether oxygens (including phenoxy) is 1. The van der Waals surface area contributed by atoms with Gasteiger partial charge in [-0.2, -0.15) is 0 Å². The van der Waals surface area contributed by atoms with Crippen molar-refractivity contribution >= 4 is 10.9 Å². The molecule has 1 N–H and O–H groups in total. The quantitative estimate of drug-likeness (QED) is 0.702. The van der Waals surface area contributed by atoms with Gasteiger partial charge in [0.2, 0.25) is 0 Å². The molecule has 3 aromatic rings. The van der Waals surface area contributed by atoms with Crippen molar-refractivity contribution in [3.8, 4) is 11.4 Å². The van der Waals surface area contributed by atoms with Crippen LogP contribution >= 0.6 is 0 Å². The highest BCUT2D eigenvalue weighted by atomic mass is 16.5. The van der Waals surface area contributed by atoms with Crippen LogP contribution in [0.2, 0.25) is 0 Å². The van der Waals surface area contributed by atoms with Gasteiger partial charge in [-0.05, 0) is 30.2 Å². The molecule has 0 amide bonds. The summed E-state index contributed by atoms with van der Waals surface area (Å²) in [4.78, 5) is 19.6. The molecule has 3 rings (SSSR count). The van der Waals surface area contributed by atoms with E-state index in [0.717, 1.165) is 30.6 Å². The van der Waals surface area contributed by atoms with Crippen LogP contribution in [0, 0.1) is 0 Å². The second-order valence-electron chi connectivity index (χ2n) is 5.54. The molecule has 0 fully saturated rings. The molecule has 4 heteroatoms. The molecule has 4 nitrogen and oxygen atoms in total. The number of nitrogens with zero attached hydrogens (tertiary/aromatic N) is 1. The van der Waals surface area contributed by atoms with Crippen LogP contribution in [0.25, 0.3) is 22.3 Å². The first-order chi connectivity index (χ1) is 11.3. The molecule has 0 aliphatic rings. The molecule has 0 atom stereocenters. The van der Waals surface area contributed by atoms with E-state index >= 15 is 0 Å². The topological polar surface area (TPSA) is 55.0 Å². The van der Waals surface area contributed by atoms with Crippen LogP contribution in [0.4, 0.5) is 0 Å². The van der Waals surface area contributed by atoms with Crippen molar-refractivity contribution in [3.05, 3.63) is 64.4 Å². The maximum atomic E-state index is 12.2. The van der Waals surface area contributed by atoms with Gasteiger partial charge < -0.3 is 9.72 Å². The molecule has 23 heavy (non-hydrogen) atoms. The number of aromatic amines is 1. The third-order valence-corrected chi connectivity index (χ3v) is 3.72. The van der Waals surface area contributed by atoms with Crippen LogP contribution in [0.3, 0.4) is 0 Å². The minimum Gasteiger partial charge on any atom is -0.377 e. The third kappa shape index (κ3) is 3.66. The summed E-state index contributed by atoms with van der Waals surface area (Å²) in [6.07, 6.45) is 2.20. The Morgan fingerprint density at radius 1 is 1.13 bits per heavy atom. The molecule has 0 aliphatic carbocycles. The molecular formula is C19H20N2O2. The van der Waals surface area contributed by atoms with E-state index in [4.69, 9.17) is 4.74 Å². The molecule has 1 aromatic heterocycles. The van der Waals surface area contributed by atoms with Crippen LogP contribution < -0.4 is 5.56 Å². The predicted molar refractivity (Wildman–Crippen MR) is 92.4 cm³/mol. The van der Waals surface area contributed by atoms with Gasteiger partial charge in [0.1, 0.15) is 5.82 Å². The van der Waals surface area contributed by atoms with Gasteiger partial charge in [0.05, 0.1) is 17.5 Å². The summed E-state index contributed by atoms with van der Waals surface area (Å²) in [5.74, 6) is 0.587. The van der Waals surface area contributed by atoms with Gasteiger partial charge in [0, 0.05) is 12.2 Å². The first kappa shape index (κ1) is 15.4. The first-order valence-corrected chi connectivity index (χ1v) is 7.94. The molecule has 0 spiro atoms. The molecule has 2 aromatic carbocycles. The number of para-hydroxylation sites is 1. The molecule has 0 saturated heterocycles. The molecular weight excluding hydrogens is 288 g/mol. The lowest BCUT2D eigenvalue weighted by Gasteiger charge is -2.07. The number of H-pyrrole nitrogens is 1. The van der Waals surface area contributed by atoms with E-state index in [9.17, 15) is 4.79 Å². The standard InChI is InChI=1S/C19H20N2O2/c1-2-3-11-23-13-14-7-6-8-15(12-14)18-20-17-10-5-4-9-16(17)19(22)21-18/h4-10,12H,2-3,11,13H2,1H3,(H,20,21,22). The Kier molecular flexibility index (Phi) is 4.83.